The van der Waals surface area contributed by atoms with Gasteiger partial charge >= 0.3 is 0 Å². The van der Waals surface area contributed by atoms with Crippen LogP contribution in [0, 0.1) is 0 Å². The number of thioether (sulfide) groups is 1. The fourth-order valence-corrected chi connectivity index (χ4v) is 3.23. The Morgan fingerprint density at radius 2 is 2.32 bits per heavy atom. The summed E-state index contributed by atoms with van der Waals surface area (Å²) in [7, 11) is 0. The monoisotopic (exact) mass is 279 g/mol. The van der Waals surface area contributed by atoms with Crippen LogP contribution < -0.4 is 5.73 Å². The van der Waals surface area contributed by atoms with Crippen LogP contribution in [-0.4, -0.2) is 39.4 Å². The van der Waals surface area contributed by atoms with Gasteiger partial charge in [0.15, 0.2) is 0 Å². The molecular formula is C14H21N3OS. The molecule has 1 aromatic heterocycles. The molecule has 1 saturated heterocycles. The van der Waals surface area contributed by atoms with Crippen LogP contribution in [0.1, 0.15) is 36.3 Å². The van der Waals surface area contributed by atoms with Crippen LogP contribution in [0.4, 0.5) is 0 Å². The lowest BCUT2D eigenvalue weighted by atomic mass is 10.1. The Morgan fingerprint density at radius 1 is 1.53 bits per heavy atom. The smallest absolute Gasteiger partial charge is 0.254 e. The van der Waals surface area contributed by atoms with Crippen LogP contribution in [0.3, 0.4) is 0 Å². The first-order valence-corrected chi connectivity index (χ1v) is 7.59. The predicted octanol–water partition coefficient (Wildman–Crippen LogP) is 1.90. The van der Waals surface area contributed by atoms with E-state index in [9.17, 15) is 4.79 Å². The Balaban J connectivity index is 2.10. The van der Waals surface area contributed by atoms with Gasteiger partial charge in [-0.05, 0) is 18.6 Å². The van der Waals surface area contributed by atoms with Crippen LogP contribution in [0.25, 0.3) is 0 Å². The molecule has 5 heteroatoms. The first-order chi connectivity index (χ1) is 9.02. The third-order valence-electron chi connectivity index (χ3n) is 3.40. The predicted molar refractivity (Wildman–Crippen MR) is 79.2 cm³/mol. The normalized spacial score (nSPS) is 19.0. The van der Waals surface area contributed by atoms with E-state index in [0.29, 0.717) is 12.1 Å². The molecule has 0 unspecified atom stereocenters. The van der Waals surface area contributed by atoms with Gasteiger partial charge < -0.3 is 10.6 Å². The van der Waals surface area contributed by atoms with Gasteiger partial charge in [-0.3, -0.25) is 9.78 Å². The minimum atomic E-state index is 0.0930. The van der Waals surface area contributed by atoms with E-state index in [1.54, 1.807) is 18.3 Å². The van der Waals surface area contributed by atoms with E-state index in [2.05, 4.69) is 18.8 Å². The zero-order valence-electron chi connectivity index (χ0n) is 11.6. The zero-order chi connectivity index (χ0) is 13.9. The number of hydrogen-bond acceptors (Lipinski definition) is 4. The molecule has 0 spiro atoms. The summed E-state index contributed by atoms with van der Waals surface area (Å²) in [6, 6.07) is 3.57. The van der Waals surface area contributed by atoms with Gasteiger partial charge in [-0.2, -0.15) is 11.8 Å². The fourth-order valence-electron chi connectivity index (χ4n) is 2.13. The Hall–Kier alpha value is -1.07. The third-order valence-corrected chi connectivity index (χ3v) is 4.77. The minimum Gasteiger partial charge on any atom is -0.338 e. The number of pyridine rings is 1. The minimum absolute atomic E-state index is 0.0930. The van der Waals surface area contributed by atoms with Crippen molar-refractivity contribution >= 4 is 17.7 Å². The van der Waals surface area contributed by atoms with Crippen molar-refractivity contribution in [3.8, 4) is 0 Å². The zero-order valence-corrected chi connectivity index (χ0v) is 12.4. The highest BCUT2D eigenvalue weighted by molar-refractivity contribution is 8.00. The maximum absolute atomic E-state index is 12.5. The van der Waals surface area contributed by atoms with Crippen LogP contribution in [0.2, 0.25) is 0 Å². The molecule has 19 heavy (non-hydrogen) atoms. The first kappa shape index (κ1) is 14.3. The number of aromatic nitrogens is 1. The largest absolute Gasteiger partial charge is 0.338 e. The molecule has 0 aliphatic carbocycles. The van der Waals surface area contributed by atoms with E-state index in [0.717, 1.165) is 31.0 Å². The van der Waals surface area contributed by atoms with Crippen molar-refractivity contribution in [3.63, 3.8) is 0 Å². The van der Waals surface area contributed by atoms with Crippen molar-refractivity contribution in [1.29, 1.82) is 0 Å². The van der Waals surface area contributed by atoms with Crippen LogP contribution in [-0.2, 0) is 6.54 Å². The van der Waals surface area contributed by atoms with Gasteiger partial charge in [0.1, 0.15) is 0 Å². The molecule has 2 N–H and O–H groups in total. The number of nitrogens with two attached hydrogens (primary N) is 1. The molecule has 2 rings (SSSR count). The summed E-state index contributed by atoms with van der Waals surface area (Å²) in [5, 5.41) is 0. The van der Waals surface area contributed by atoms with Crippen molar-refractivity contribution < 1.29 is 4.79 Å². The summed E-state index contributed by atoms with van der Waals surface area (Å²) >= 11 is 1.94. The molecule has 0 aromatic carbocycles. The van der Waals surface area contributed by atoms with E-state index in [4.69, 9.17) is 5.73 Å². The summed E-state index contributed by atoms with van der Waals surface area (Å²) in [6.07, 6.45) is 2.68. The molecular weight excluding hydrogens is 258 g/mol. The lowest BCUT2D eigenvalue weighted by Gasteiger charge is -2.22. The van der Waals surface area contributed by atoms with Crippen LogP contribution in [0.5, 0.6) is 0 Å². The standard InChI is InChI=1S/C14H21N3OS/c1-14(2)4-6-17(7-8-19-14)13(18)11-3-5-16-12(9-11)10-15/h3,5,9H,4,6-8,10,15H2,1-2H3. The average molecular weight is 279 g/mol. The van der Waals surface area contributed by atoms with Gasteiger partial charge in [0.2, 0.25) is 0 Å². The number of rotatable bonds is 2. The van der Waals surface area contributed by atoms with Gasteiger partial charge in [0.25, 0.3) is 5.91 Å². The summed E-state index contributed by atoms with van der Waals surface area (Å²) in [4.78, 5) is 18.5. The average Bonchev–Trinajstić information content (AvgIpc) is 2.59. The van der Waals surface area contributed by atoms with Gasteiger partial charge in [0, 0.05) is 41.9 Å². The second-order valence-corrected chi connectivity index (χ2v) is 7.19. The Morgan fingerprint density at radius 3 is 3.05 bits per heavy atom. The molecule has 0 bridgehead atoms. The van der Waals surface area contributed by atoms with Crippen molar-refractivity contribution in [2.75, 3.05) is 18.8 Å². The highest BCUT2D eigenvalue weighted by atomic mass is 32.2. The molecule has 1 aliphatic rings. The molecule has 0 atom stereocenters. The van der Waals surface area contributed by atoms with Gasteiger partial charge in [-0.1, -0.05) is 13.8 Å². The highest BCUT2D eigenvalue weighted by Gasteiger charge is 2.26. The lowest BCUT2D eigenvalue weighted by Crippen LogP contribution is -2.33. The van der Waals surface area contributed by atoms with E-state index in [1.165, 1.54) is 0 Å². The summed E-state index contributed by atoms with van der Waals surface area (Å²) in [5.74, 6) is 1.09. The van der Waals surface area contributed by atoms with E-state index < -0.39 is 0 Å². The number of amides is 1. The first-order valence-electron chi connectivity index (χ1n) is 6.60. The molecule has 104 valence electrons. The molecule has 0 radical (unpaired) electrons. The molecule has 4 nitrogen and oxygen atoms in total. The third kappa shape index (κ3) is 3.70. The van der Waals surface area contributed by atoms with E-state index in [1.807, 2.05) is 16.7 Å². The van der Waals surface area contributed by atoms with Gasteiger partial charge in [-0.25, -0.2) is 0 Å². The van der Waals surface area contributed by atoms with Gasteiger partial charge in [-0.15, -0.1) is 0 Å². The SMILES string of the molecule is CC1(C)CCN(C(=O)c2ccnc(CN)c2)CCS1. The van der Waals surface area contributed by atoms with Crippen molar-refractivity contribution in [2.45, 2.75) is 31.6 Å². The summed E-state index contributed by atoms with van der Waals surface area (Å²) in [5.41, 5.74) is 7.02. The van der Waals surface area contributed by atoms with E-state index >= 15 is 0 Å². The Kier molecular flexibility index (Phi) is 4.47. The number of carbonyl (C=O) groups excluding carboxylic acids is 1. The molecule has 1 aromatic rings. The Bertz CT molecular complexity index is 462. The second-order valence-electron chi connectivity index (χ2n) is 5.39. The Labute approximate surface area is 118 Å². The van der Waals surface area contributed by atoms with Crippen molar-refractivity contribution in [3.05, 3.63) is 29.6 Å². The van der Waals surface area contributed by atoms with Crippen LogP contribution in [0.15, 0.2) is 18.3 Å². The molecule has 1 amide bonds. The van der Waals surface area contributed by atoms with Gasteiger partial charge in [0.05, 0.1) is 5.69 Å². The molecule has 0 saturated carbocycles. The van der Waals surface area contributed by atoms with E-state index in [-0.39, 0.29) is 10.7 Å². The maximum atomic E-state index is 12.5. The quantitative estimate of drug-likeness (QED) is 0.898. The number of hydrogen-bond donors (Lipinski definition) is 1. The maximum Gasteiger partial charge on any atom is 0.254 e. The number of nitrogens with zero attached hydrogens (tertiary/aromatic N) is 2. The summed E-state index contributed by atoms with van der Waals surface area (Å²) < 4.78 is 0.260. The van der Waals surface area contributed by atoms with Crippen molar-refractivity contribution in [1.82, 2.24) is 9.88 Å². The highest BCUT2D eigenvalue weighted by Crippen LogP contribution is 2.31. The fraction of sp³-hybridized carbons (Fsp3) is 0.571. The topological polar surface area (TPSA) is 59.2 Å². The van der Waals surface area contributed by atoms with Crippen molar-refractivity contribution in [2.24, 2.45) is 5.73 Å². The number of carbonyl (C=O) groups is 1. The van der Waals surface area contributed by atoms with Crippen LogP contribution >= 0.6 is 11.8 Å². The summed E-state index contributed by atoms with van der Waals surface area (Å²) in [6.45, 7) is 6.48. The molecule has 2 heterocycles. The molecule has 1 aliphatic heterocycles. The molecule has 1 fully saturated rings. The second kappa shape index (κ2) is 5.92. The lowest BCUT2D eigenvalue weighted by molar-refractivity contribution is 0.0764.